The molecule has 0 bridgehead atoms. The van der Waals surface area contributed by atoms with Gasteiger partial charge in [0.1, 0.15) is 0 Å². The van der Waals surface area contributed by atoms with Crippen molar-refractivity contribution in [1.82, 2.24) is 0 Å². The van der Waals surface area contributed by atoms with E-state index in [1.165, 1.54) is 32.4 Å². The molecule has 1 aromatic rings. The first-order valence-electron chi connectivity index (χ1n) is 4.53. The highest BCUT2D eigenvalue weighted by Crippen LogP contribution is 2.29. The molecule has 0 aliphatic heterocycles. The standard InChI is InChI=1S/C10H12O6S/c1-14-9-6-7(10(11)15-2)4-5-8(9)16-17(3,12)13/h4-6H,1-3H3. The average molecular weight is 260 g/mol. The predicted octanol–water partition coefficient (Wildman–Crippen LogP) is 0.820. The highest BCUT2D eigenvalue weighted by Gasteiger charge is 2.14. The molecule has 6 nitrogen and oxygen atoms in total. The lowest BCUT2D eigenvalue weighted by Crippen LogP contribution is -2.08. The molecule has 0 radical (unpaired) electrons. The number of ether oxygens (including phenoxy) is 2. The Morgan fingerprint density at radius 2 is 1.82 bits per heavy atom. The van der Waals surface area contributed by atoms with E-state index >= 15 is 0 Å². The molecule has 0 saturated heterocycles. The van der Waals surface area contributed by atoms with Crippen molar-refractivity contribution in [3.63, 3.8) is 0 Å². The van der Waals surface area contributed by atoms with Crippen LogP contribution in [0.25, 0.3) is 0 Å². The lowest BCUT2D eigenvalue weighted by molar-refractivity contribution is 0.0600. The zero-order chi connectivity index (χ0) is 13.1. The SMILES string of the molecule is COC(=O)c1ccc(OS(C)(=O)=O)c(OC)c1. The quantitative estimate of drug-likeness (QED) is 0.589. The Hall–Kier alpha value is -1.76. The fraction of sp³-hybridized carbons (Fsp3) is 0.300. The lowest BCUT2D eigenvalue weighted by atomic mass is 10.2. The summed E-state index contributed by atoms with van der Waals surface area (Å²) in [5.41, 5.74) is 0.241. The molecule has 0 heterocycles. The van der Waals surface area contributed by atoms with E-state index in [1.807, 2.05) is 0 Å². The molecule has 0 amide bonds. The van der Waals surface area contributed by atoms with Crippen LogP contribution in [0.2, 0.25) is 0 Å². The maximum Gasteiger partial charge on any atom is 0.337 e. The van der Waals surface area contributed by atoms with Crippen molar-refractivity contribution in [2.24, 2.45) is 0 Å². The monoisotopic (exact) mass is 260 g/mol. The van der Waals surface area contributed by atoms with Gasteiger partial charge in [-0.3, -0.25) is 0 Å². The number of hydrogen-bond donors (Lipinski definition) is 0. The summed E-state index contributed by atoms with van der Waals surface area (Å²) >= 11 is 0. The summed E-state index contributed by atoms with van der Waals surface area (Å²) in [6, 6.07) is 4.05. The third-order valence-electron chi connectivity index (χ3n) is 1.83. The summed E-state index contributed by atoms with van der Waals surface area (Å²) in [6.45, 7) is 0. The van der Waals surface area contributed by atoms with Crippen molar-refractivity contribution < 1.29 is 26.9 Å². The summed E-state index contributed by atoms with van der Waals surface area (Å²) in [7, 11) is -1.06. The minimum atomic E-state index is -3.64. The molecule has 0 spiro atoms. The maximum atomic E-state index is 11.2. The fourth-order valence-electron chi connectivity index (χ4n) is 1.14. The number of benzene rings is 1. The third kappa shape index (κ3) is 3.63. The van der Waals surface area contributed by atoms with Crippen molar-refractivity contribution in [3.05, 3.63) is 23.8 Å². The number of methoxy groups -OCH3 is 2. The van der Waals surface area contributed by atoms with Crippen LogP contribution in [-0.2, 0) is 14.9 Å². The van der Waals surface area contributed by atoms with Gasteiger partial charge in [0.05, 0.1) is 26.0 Å². The molecular weight excluding hydrogens is 248 g/mol. The van der Waals surface area contributed by atoms with E-state index in [2.05, 4.69) is 8.92 Å². The second kappa shape index (κ2) is 5.05. The number of rotatable bonds is 4. The Morgan fingerprint density at radius 3 is 2.29 bits per heavy atom. The molecule has 0 fully saturated rings. The van der Waals surface area contributed by atoms with E-state index in [9.17, 15) is 13.2 Å². The molecule has 1 aromatic carbocycles. The van der Waals surface area contributed by atoms with E-state index in [-0.39, 0.29) is 17.1 Å². The average Bonchev–Trinajstić information content (AvgIpc) is 2.26. The van der Waals surface area contributed by atoms with Gasteiger partial charge in [-0.1, -0.05) is 0 Å². The topological polar surface area (TPSA) is 78.9 Å². The second-order valence-corrected chi connectivity index (χ2v) is 4.72. The smallest absolute Gasteiger partial charge is 0.337 e. The number of hydrogen-bond acceptors (Lipinski definition) is 6. The van der Waals surface area contributed by atoms with Crippen molar-refractivity contribution in [2.75, 3.05) is 20.5 Å². The molecule has 0 aliphatic rings. The minimum Gasteiger partial charge on any atom is -0.493 e. The first-order chi connectivity index (χ1) is 7.87. The molecule has 0 atom stereocenters. The van der Waals surface area contributed by atoms with E-state index in [1.54, 1.807) is 0 Å². The van der Waals surface area contributed by atoms with Gasteiger partial charge in [0.15, 0.2) is 11.5 Å². The van der Waals surface area contributed by atoms with Gasteiger partial charge >= 0.3 is 16.1 Å². The normalized spacial score (nSPS) is 10.8. The van der Waals surface area contributed by atoms with E-state index < -0.39 is 16.1 Å². The van der Waals surface area contributed by atoms with Gasteiger partial charge in [0, 0.05) is 0 Å². The molecule has 0 unspecified atom stereocenters. The molecule has 0 saturated carbocycles. The maximum absolute atomic E-state index is 11.2. The van der Waals surface area contributed by atoms with Crippen LogP contribution in [0.15, 0.2) is 18.2 Å². The third-order valence-corrected chi connectivity index (χ3v) is 2.31. The minimum absolute atomic E-state index is 0.0163. The molecule has 0 aliphatic carbocycles. The Kier molecular flexibility index (Phi) is 3.95. The highest BCUT2D eigenvalue weighted by molar-refractivity contribution is 7.86. The summed E-state index contributed by atoms with van der Waals surface area (Å²) in [6.07, 6.45) is 0.917. The van der Waals surface area contributed by atoms with Crippen molar-refractivity contribution in [1.29, 1.82) is 0 Å². The van der Waals surface area contributed by atoms with Crippen LogP contribution >= 0.6 is 0 Å². The molecule has 0 aromatic heterocycles. The fourth-order valence-corrected chi connectivity index (χ4v) is 1.61. The largest absolute Gasteiger partial charge is 0.493 e. The first kappa shape index (κ1) is 13.3. The molecule has 0 N–H and O–H groups in total. The van der Waals surface area contributed by atoms with E-state index in [4.69, 9.17) is 4.74 Å². The zero-order valence-electron chi connectivity index (χ0n) is 9.59. The predicted molar refractivity (Wildman–Crippen MR) is 59.8 cm³/mol. The molecule has 1 rings (SSSR count). The highest BCUT2D eigenvalue weighted by atomic mass is 32.2. The van der Waals surface area contributed by atoms with Crippen molar-refractivity contribution >= 4 is 16.1 Å². The van der Waals surface area contributed by atoms with Crippen LogP contribution in [0.1, 0.15) is 10.4 Å². The summed E-state index contributed by atoms with van der Waals surface area (Å²) in [4.78, 5) is 11.2. The second-order valence-electron chi connectivity index (χ2n) is 3.14. The first-order valence-corrected chi connectivity index (χ1v) is 6.35. The lowest BCUT2D eigenvalue weighted by Gasteiger charge is -2.09. The van der Waals surface area contributed by atoms with Crippen molar-refractivity contribution in [2.45, 2.75) is 0 Å². The Labute approximate surface area is 99.2 Å². The van der Waals surface area contributed by atoms with Gasteiger partial charge < -0.3 is 13.7 Å². The number of carbonyl (C=O) groups excluding carboxylic acids is 1. The Morgan fingerprint density at radius 1 is 1.18 bits per heavy atom. The van der Waals surface area contributed by atoms with Crippen LogP contribution in [0.3, 0.4) is 0 Å². The van der Waals surface area contributed by atoms with E-state index in [0.29, 0.717) is 0 Å². The number of esters is 1. The molecule has 7 heteroatoms. The summed E-state index contributed by atoms with van der Waals surface area (Å²) < 4.78 is 36.1. The van der Waals surface area contributed by atoms with Gasteiger partial charge in [-0.25, -0.2) is 4.79 Å². The van der Waals surface area contributed by atoms with Gasteiger partial charge in [-0.2, -0.15) is 8.42 Å². The van der Waals surface area contributed by atoms with Crippen LogP contribution in [0.4, 0.5) is 0 Å². The van der Waals surface area contributed by atoms with Gasteiger partial charge in [0.2, 0.25) is 0 Å². The van der Waals surface area contributed by atoms with E-state index in [0.717, 1.165) is 6.26 Å². The Bertz CT molecular complexity index is 520. The van der Waals surface area contributed by atoms with Crippen molar-refractivity contribution in [3.8, 4) is 11.5 Å². The number of carbonyl (C=O) groups is 1. The van der Waals surface area contributed by atoms with Gasteiger partial charge in [-0.15, -0.1) is 0 Å². The van der Waals surface area contributed by atoms with Crippen LogP contribution < -0.4 is 8.92 Å². The summed E-state index contributed by atoms with van der Waals surface area (Å²) in [5, 5.41) is 0. The molecule has 17 heavy (non-hydrogen) atoms. The van der Waals surface area contributed by atoms with Crippen LogP contribution in [0, 0.1) is 0 Å². The molecular formula is C10H12O6S. The summed E-state index contributed by atoms with van der Waals surface area (Å²) in [5.74, 6) is -0.393. The van der Waals surface area contributed by atoms with Gasteiger partial charge in [0.25, 0.3) is 0 Å². The van der Waals surface area contributed by atoms with Gasteiger partial charge in [-0.05, 0) is 18.2 Å². The van der Waals surface area contributed by atoms with Crippen LogP contribution in [-0.4, -0.2) is 34.9 Å². The zero-order valence-corrected chi connectivity index (χ0v) is 10.4. The van der Waals surface area contributed by atoms with Crippen LogP contribution in [0.5, 0.6) is 11.5 Å². The molecule has 94 valence electrons. The Balaban J connectivity index is 3.14.